The Balaban J connectivity index is 1.63. The number of likely N-dealkylation sites (tertiary alicyclic amines) is 1. The van der Waals surface area contributed by atoms with Gasteiger partial charge < -0.3 is 20.9 Å². The third kappa shape index (κ3) is 4.42. The van der Waals surface area contributed by atoms with Crippen molar-refractivity contribution in [1.82, 2.24) is 10.2 Å². The van der Waals surface area contributed by atoms with Gasteiger partial charge >= 0.3 is 0 Å². The highest BCUT2D eigenvalue weighted by molar-refractivity contribution is 6.33. The fraction of sp³-hybridized carbons (Fsp3) is 0.526. The Labute approximate surface area is 163 Å². The van der Waals surface area contributed by atoms with Gasteiger partial charge in [0.25, 0.3) is 0 Å². The number of carbonyl (C=O) groups excluding carboxylic acids is 3. The second-order valence-electron chi connectivity index (χ2n) is 7.06. The molecule has 146 valence electrons. The average Bonchev–Trinajstić information content (AvgIpc) is 3.07. The molecule has 3 rings (SSSR count). The highest BCUT2D eigenvalue weighted by Gasteiger charge is 2.39. The first-order valence-electron chi connectivity index (χ1n) is 9.32. The van der Waals surface area contributed by atoms with Crippen LogP contribution in [-0.4, -0.2) is 55.3 Å². The van der Waals surface area contributed by atoms with Gasteiger partial charge in [-0.05, 0) is 25.0 Å². The first-order chi connectivity index (χ1) is 13.0. The van der Waals surface area contributed by atoms with Crippen molar-refractivity contribution in [1.29, 1.82) is 0 Å². The third-order valence-corrected chi connectivity index (χ3v) is 5.48. The minimum atomic E-state index is -0.403. The van der Waals surface area contributed by atoms with Crippen LogP contribution in [-0.2, 0) is 14.4 Å². The number of anilines is 1. The van der Waals surface area contributed by atoms with E-state index in [0.29, 0.717) is 43.4 Å². The van der Waals surface area contributed by atoms with Crippen molar-refractivity contribution in [3.05, 3.63) is 29.3 Å². The summed E-state index contributed by atoms with van der Waals surface area (Å²) in [4.78, 5) is 40.9. The zero-order chi connectivity index (χ0) is 19.4. The molecule has 3 amide bonds. The Morgan fingerprint density at radius 1 is 1.22 bits per heavy atom. The van der Waals surface area contributed by atoms with E-state index in [-0.39, 0.29) is 30.1 Å². The molecule has 2 aliphatic heterocycles. The lowest BCUT2D eigenvalue weighted by atomic mass is 9.95. The van der Waals surface area contributed by atoms with Crippen molar-refractivity contribution >= 4 is 35.0 Å². The zero-order valence-corrected chi connectivity index (χ0v) is 16.0. The molecule has 2 saturated heterocycles. The van der Waals surface area contributed by atoms with Gasteiger partial charge in [0.15, 0.2) is 0 Å². The molecule has 0 aliphatic carbocycles. The van der Waals surface area contributed by atoms with Crippen LogP contribution in [0, 0.1) is 11.8 Å². The van der Waals surface area contributed by atoms with Crippen LogP contribution < -0.4 is 16.0 Å². The standard InChI is InChI=1S/C19H25ClN4O3/c20-15-5-1-2-6-16(15)24-12-14(10-17(24)25)19(27)23-9-3-4-13(11-23)18(26)22-8-7-21/h1-2,5-6,13-14H,3-4,7-12,21H2,(H,22,26). The smallest absolute Gasteiger partial charge is 0.228 e. The average molecular weight is 393 g/mol. The van der Waals surface area contributed by atoms with Crippen molar-refractivity contribution in [2.45, 2.75) is 19.3 Å². The lowest BCUT2D eigenvalue weighted by molar-refractivity contribution is -0.139. The van der Waals surface area contributed by atoms with Crippen molar-refractivity contribution < 1.29 is 14.4 Å². The van der Waals surface area contributed by atoms with Gasteiger partial charge in [0.2, 0.25) is 17.7 Å². The third-order valence-electron chi connectivity index (χ3n) is 5.16. The van der Waals surface area contributed by atoms with E-state index in [4.69, 9.17) is 17.3 Å². The summed E-state index contributed by atoms with van der Waals surface area (Å²) in [5.41, 5.74) is 6.06. The number of nitrogens with one attached hydrogen (secondary N) is 1. The summed E-state index contributed by atoms with van der Waals surface area (Å²) in [5, 5.41) is 3.29. The fourth-order valence-electron chi connectivity index (χ4n) is 3.77. The Hall–Kier alpha value is -2.12. The maximum Gasteiger partial charge on any atom is 0.228 e. The highest BCUT2D eigenvalue weighted by atomic mass is 35.5. The molecule has 1 aromatic rings. The summed E-state index contributed by atoms with van der Waals surface area (Å²) in [6.07, 6.45) is 1.71. The quantitative estimate of drug-likeness (QED) is 0.781. The van der Waals surface area contributed by atoms with Crippen molar-refractivity contribution in [2.24, 2.45) is 17.6 Å². The molecular weight excluding hydrogens is 368 g/mol. The number of para-hydroxylation sites is 1. The van der Waals surface area contributed by atoms with Crippen LogP contribution in [0.15, 0.2) is 24.3 Å². The van der Waals surface area contributed by atoms with Crippen molar-refractivity contribution in [3.63, 3.8) is 0 Å². The number of amides is 3. The van der Waals surface area contributed by atoms with Gasteiger partial charge in [-0.3, -0.25) is 14.4 Å². The molecule has 2 unspecified atom stereocenters. The van der Waals surface area contributed by atoms with Crippen LogP contribution in [0.3, 0.4) is 0 Å². The molecule has 2 atom stereocenters. The molecule has 0 bridgehead atoms. The topological polar surface area (TPSA) is 95.7 Å². The van der Waals surface area contributed by atoms with Gasteiger partial charge in [-0.15, -0.1) is 0 Å². The minimum absolute atomic E-state index is 0.0573. The monoisotopic (exact) mass is 392 g/mol. The van der Waals surface area contributed by atoms with Crippen LogP contribution in [0.4, 0.5) is 5.69 Å². The Morgan fingerprint density at radius 2 is 2.00 bits per heavy atom. The number of hydrogen-bond acceptors (Lipinski definition) is 4. The summed E-state index contributed by atoms with van der Waals surface area (Å²) in [7, 11) is 0. The van der Waals surface area contributed by atoms with E-state index in [1.807, 2.05) is 6.07 Å². The summed E-state index contributed by atoms with van der Waals surface area (Å²) < 4.78 is 0. The zero-order valence-electron chi connectivity index (χ0n) is 15.2. The Bertz CT molecular complexity index is 727. The van der Waals surface area contributed by atoms with Gasteiger partial charge in [-0.25, -0.2) is 0 Å². The molecule has 0 saturated carbocycles. The van der Waals surface area contributed by atoms with Gasteiger partial charge in [0, 0.05) is 39.1 Å². The molecule has 7 nitrogen and oxygen atoms in total. The van der Waals surface area contributed by atoms with E-state index >= 15 is 0 Å². The predicted molar refractivity (Wildman–Crippen MR) is 103 cm³/mol. The number of piperidine rings is 1. The number of nitrogens with zero attached hydrogens (tertiary/aromatic N) is 2. The molecule has 0 spiro atoms. The van der Waals surface area contributed by atoms with Crippen LogP contribution in [0.25, 0.3) is 0 Å². The van der Waals surface area contributed by atoms with E-state index in [2.05, 4.69) is 5.32 Å². The van der Waals surface area contributed by atoms with Crippen LogP contribution in [0.1, 0.15) is 19.3 Å². The lowest BCUT2D eigenvalue weighted by Gasteiger charge is -2.33. The molecule has 3 N–H and O–H groups in total. The Kier molecular flexibility index (Phi) is 6.34. The van der Waals surface area contributed by atoms with Crippen LogP contribution in [0.5, 0.6) is 0 Å². The van der Waals surface area contributed by atoms with E-state index < -0.39 is 5.92 Å². The van der Waals surface area contributed by atoms with E-state index in [1.54, 1.807) is 28.0 Å². The first-order valence-corrected chi connectivity index (χ1v) is 9.70. The van der Waals surface area contributed by atoms with Gasteiger partial charge in [0.05, 0.1) is 22.5 Å². The molecule has 8 heteroatoms. The highest BCUT2D eigenvalue weighted by Crippen LogP contribution is 2.32. The molecule has 2 aliphatic rings. The van der Waals surface area contributed by atoms with Crippen LogP contribution in [0.2, 0.25) is 5.02 Å². The lowest BCUT2D eigenvalue weighted by Crippen LogP contribution is -2.48. The van der Waals surface area contributed by atoms with Gasteiger partial charge in [-0.1, -0.05) is 23.7 Å². The number of halogens is 1. The maximum atomic E-state index is 13.0. The normalized spacial score (nSPS) is 22.8. The molecule has 27 heavy (non-hydrogen) atoms. The SMILES string of the molecule is NCCNC(=O)C1CCCN(C(=O)C2CC(=O)N(c3ccccc3Cl)C2)C1. The molecule has 0 aromatic heterocycles. The number of rotatable bonds is 5. The number of benzene rings is 1. The van der Waals surface area contributed by atoms with E-state index in [9.17, 15) is 14.4 Å². The Morgan fingerprint density at radius 3 is 2.74 bits per heavy atom. The summed E-state index contributed by atoms with van der Waals surface area (Å²) >= 11 is 6.20. The maximum absolute atomic E-state index is 13.0. The van der Waals surface area contributed by atoms with Crippen molar-refractivity contribution in [2.75, 3.05) is 37.6 Å². The number of carbonyl (C=O) groups is 3. The van der Waals surface area contributed by atoms with E-state index in [1.165, 1.54) is 0 Å². The summed E-state index contributed by atoms with van der Waals surface area (Å²) in [5.74, 6) is -0.839. The predicted octanol–water partition coefficient (Wildman–Crippen LogP) is 1.01. The largest absolute Gasteiger partial charge is 0.355 e. The first kappa shape index (κ1) is 19.6. The van der Waals surface area contributed by atoms with Crippen LogP contribution >= 0.6 is 11.6 Å². The number of hydrogen-bond donors (Lipinski definition) is 2. The molecule has 2 heterocycles. The molecule has 0 radical (unpaired) electrons. The van der Waals surface area contributed by atoms with Gasteiger partial charge in [-0.2, -0.15) is 0 Å². The molecule has 2 fully saturated rings. The van der Waals surface area contributed by atoms with E-state index in [0.717, 1.165) is 12.8 Å². The summed E-state index contributed by atoms with van der Waals surface area (Å²) in [6, 6.07) is 7.14. The summed E-state index contributed by atoms with van der Waals surface area (Å²) in [6.45, 7) is 2.17. The van der Waals surface area contributed by atoms with Crippen molar-refractivity contribution in [3.8, 4) is 0 Å². The molecule has 1 aromatic carbocycles. The van der Waals surface area contributed by atoms with Gasteiger partial charge in [0.1, 0.15) is 0 Å². The fourth-order valence-corrected chi connectivity index (χ4v) is 4.00. The second kappa shape index (κ2) is 8.71. The number of nitrogens with two attached hydrogens (primary N) is 1. The molecular formula is C19H25ClN4O3. The minimum Gasteiger partial charge on any atom is -0.355 e. The second-order valence-corrected chi connectivity index (χ2v) is 7.47.